The topological polar surface area (TPSA) is 96.0 Å². The van der Waals surface area contributed by atoms with Crippen molar-refractivity contribution in [3.05, 3.63) is 106 Å². The fourth-order valence-corrected chi connectivity index (χ4v) is 4.75. The van der Waals surface area contributed by atoms with Crippen LogP contribution < -0.4 is 10.2 Å². The van der Waals surface area contributed by atoms with Crippen molar-refractivity contribution in [2.24, 2.45) is 0 Å². The highest BCUT2D eigenvalue weighted by Gasteiger charge is 2.39. The molecule has 0 aliphatic carbocycles. The zero-order valence-corrected chi connectivity index (χ0v) is 21.3. The van der Waals surface area contributed by atoms with Gasteiger partial charge in [0.25, 0.3) is 17.7 Å². The summed E-state index contributed by atoms with van der Waals surface area (Å²) in [5.41, 5.74) is 3.74. The van der Waals surface area contributed by atoms with E-state index in [-0.39, 0.29) is 28.9 Å². The number of carbonyl (C=O) groups is 4. The molecule has 1 N–H and O–H groups in total. The third kappa shape index (κ3) is 4.78. The molecule has 0 saturated carbocycles. The largest absolute Gasteiger partial charge is 0.462 e. The molecule has 0 saturated heterocycles. The highest BCUT2D eigenvalue weighted by Crippen LogP contribution is 2.31. The van der Waals surface area contributed by atoms with Gasteiger partial charge in [-0.1, -0.05) is 41.9 Å². The minimum Gasteiger partial charge on any atom is -0.462 e. The lowest BCUT2D eigenvalue weighted by molar-refractivity contribution is -0.120. The minimum absolute atomic E-state index is 0.0948. The Morgan fingerprint density at radius 3 is 2.39 bits per heavy atom. The van der Waals surface area contributed by atoms with Crippen LogP contribution in [-0.4, -0.2) is 41.7 Å². The second kappa shape index (κ2) is 10.5. The summed E-state index contributed by atoms with van der Waals surface area (Å²) in [4.78, 5) is 53.9. The Hall–Kier alpha value is -4.43. The van der Waals surface area contributed by atoms with E-state index in [1.807, 2.05) is 18.2 Å². The number of nitrogens with one attached hydrogen (secondary N) is 1. The number of imide groups is 1. The number of carbonyl (C=O) groups excluding carboxylic acids is 4. The molecule has 8 nitrogen and oxygen atoms in total. The van der Waals surface area contributed by atoms with E-state index in [9.17, 15) is 19.2 Å². The summed E-state index contributed by atoms with van der Waals surface area (Å²) < 4.78 is 4.96. The number of fused-ring (bicyclic) bond motifs is 1. The van der Waals surface area contributed by atoms with Crippen LogP contribution >= 0.6 is 11.6 Å². The van der Waals surface area contributed by atoms with Gasteiger partial charge < -0.3 is 15.0 Å². The average Bonchev–Trinajstić information content (AvgIpc) is 3.15. The summed E-state index contributed by atoms with van der Waals surface area (Å²) in [5.74, 6) is -1.96. The van der Waals surface area contributed by atoms with E-state index >= 15 is 0 Å². The Bertz CT molecular complexity index is 1480. The fourth-order valence-electron chi connectivity index (χ4n) is 4.53. The number of rotatable bonds is 6. The molecular weight excluding hydrogens is 506 g/mol. The maximum absolute atomic E-state index is 13.2. The van der Waals surface area contributed by atoms with Gasteiger partial charge in [0.1, 0.15) is 10.7 Å². The monoisotopic (exact) mass is 529 g/mol. The van der Waals surface area contributed by atoms with Crippen molar-refractivity contribution < 1.29 is 23.9 Å². The van der Waals surface area contributed by atoms with Crippen LogP contribution in [0.4, 0.5) is 11.4 Å². The molecule has 0 radical (unpaired) electrons. The molecule has 2 aliphatic rings. The van der Waals surface area contributed by atoms with E-state index in [1.54, 1.807) is 36.1 Å². The molecule has 0 spiro atoms. The predicted octanol–water partition coefficient (Wildman–Crippen LogP) is 4.50. The molecule has 3 aromatic rings. The summed E-state index contributed by atoms with van der Waals surface area (Å²) in [6.45, 7) is 3.08. The van der Waals surface area contributed by atoms with Crippen molar-refractivity contribution in [2.75, 3.05) is 23.4 Å². The number of anilines is 2. The molecule has 9 heteroatoms. The number of esters is 1. The van der Waals surface area contributed by atoms with Gasteiger partial charge in [0.15, 0.2) is 0 Å². The molecule has 2 heterocycles. The molecule has 0 unspecified atom stereocenters. The van der Waals surface area contributed by atoms with Gasteiger partial charge in [-0.3, -0.25) is 14.4 Å². The van der Waals surface area contributed by atoms with Crippen LogP contribution in [0.25, 0.3) is 0 Å². The Morgan fingerprint density at radius 1 is 0.921 bits per heavy atom. The lowest BCUT2D eigenvalue weighted by atomic mass is 9.99. The Morgan fingerprint density at radius 2 is 1.66 bits per heavy atom. The first kappa shape index (κ1) is 25.2. The van der Waals surface area contributed by atoms with E-state index < -0.39 is 17.8 Å². The minimum atomic E-state index is -0.692. The van der Waals surface area contributed by atoms with Crippen LogP contribution in [-0.2, 0) is 27.3 Å². The predicted molar refractivity (Wildman–Crippen MR) is 143 cm³/mol. The Balaban J connectivity index is 1.31. The van der Waals surface area contributed by atoms with Crippen LogP contribution in [0.1, 0.15) is 38.8 Å². The Kier molecular flexibility index (Phi) is 6.98. The molecular formula is C29H24ClN3O5. The van der Waals surface area contributed by atoms with Crippen LogP contribution in [0.5, 0.6) is 0 Å². The average molecular weight is 530 g/mol. The van der Waals surface area contributed by atoms with Gasteiger partial charge in [0.2, 0.25) is 0 Å². The summed E-state index contributed by atoms with van der Waals surface area (Å²) in [5, 5.41) is 2.65. The zero-order chi connectivity index (χ0) is 26.8. The third-order valence-corrected chi connectivity index (χ3v) is 6.81. The molecule has 0 atom stereocenters. The van der Waals surface area contributed by atoms with Crippen LogP contribution in [0.15, 0.2) is 83.5 Å². The van der Waals surface area contributed by atoms with Gasteiger partial charge in [-0.25, -0.2) is 9.69 Å². The van der Waals surface area contributed by atoms with Gasteiger partial charge in [-0.2, -0.15) is 0 Å². The van der Waals surface area contributed by atoms with Crippen molar-refractivity contribution in [2.45, 2.75) is 19.9 Å². The van der Waals surface area contributed by atoms with Crippen molar-refractivity contribution in [1.29, 1.82) is 0 Å². The third-order valence-electron chi connectivity index (χ3n) is 6.46. The van der Waals surface area contributed by atoms with Crippen molar-refractivity contribution >= 4 is 46.7 Å². The maximum Gasteiger partial charge on any atom is 0.338 e. The number of benzene rings is 3. The summed E-state index contributed by atoms with van der Waals surface area (Å²) >= 11 is 6.27. The lowest BCUT2D eigenvalue weighted by Crippen LogP contribution is -2.36. The number of ether oxygens (including phenoxy) is 1. The SMILES string of the molecule is CCOC(=O)c1ccc(N2C(=O)C(Cl)=C(Nc3cccc(C(=O)N4CCc5ccccc5C4)c3)C2=O)cc1. The summed E-state index contributed by atoms with van der Waals surface area (Å²) in [6.07, 6.45) is 0.787. The molecule has 3 aromatic carbocycles. The summed E-state index contributed by atoms with van der Waals surface area (Å²) in [7, 11) is 0. The smallest absolute Gasteiger partial charge is 0.338 e. The molecule has 192 valence electrons. The first-order chi connectivity index (χ1) is 18.4. The zero-order valence-electron chi connectivity index (χ0n) is 20.6. The van der Waals surface area contributed by atoms with E-state index in [4.69, 9.17) is 16.3 Å². The number of amides is 3. The number of hydrogen-bond acceptors (Lipinski definition) is 6. The van der Waals surface area contributed by atoms with E-state index in [0.29, 0.717) is 29.9 Å². The Labute approximate surface area is 224 Å². The van der Waals surface area contributed by atoms with E-state index in [2.05, 4.69) is 11.4 Å². The second-order valence-electron chi connectivity index (χ2n) is 8.85. The molecule has 0 bridgehead atoms. The maximum atomic E-state index is 13.2. The summed E-state index contributed by atoms with van der Waals surface area (Å²) in [6, 6.07) is 20.7. The fraction of sp³-hybridized carbons (Fsp3) is 0.172. The van der Waals surface area contributed by atoms with E-state index in [0.717, 1.165) is 16.9 Å². The van der Waals surface area contributed by atoms with Crippen LogP contribution in [0.3, 0.4) is 0 Å². The van der Waals surface area contributed by atoms with Gasteiger partial charge in [0, 0.05) is 24.3 Å². The molecule has 0 aromatic heterocycles. The normalized spacial score (nSPS) is 15.0. The highest BCUT2D eigenvalue weighted by atomic mass is 35.5. The molecule has 3 amide bonds. The van der Waals surface area contributed by atoms with Crippen molar-refractivity contribution in [1.82, 2.24) is 4.90 Å². The van der Waals surface area contributed by atoms with Gasteiger partial charge in [-0.15, -0.1) is 0 Å². The number of hydrogen-bond donors (Lipinski definition) is 1. The van der Waals surface area contributed by atoms with Crippen LogP contribution in [0, 0.1) is 0 Å². The van der Waals surface area contributed by atoms with Gasteiger partial charge in [0.05, 0.1) is 17.9 Å². The van der Waals surface area contributed by atoms with Gasteiger partial charge >= 0.3 is 5.97 Å². The molecule has 38 heavy (non-hydrogen) atoms. The quantitative estimate of drug-likeness (QED) is 0.373. The van der Waals surface area contributed by atoms with E-state index in [1.165, 1.54) is 29.8 Å². The first-order valence-corrected chi connectivity index (χ1v) is 12.5. The molecule has 0 fully saturated rings. The first-order valence-electron chi connectivity index (χ1n) is 12.2. The standard InChI is InChI=1S/C29H24ClN3O5/c1-2-38-29(37)19-10-12-23(13-11-19)33-27(35)24(30)25(28(33)36)31-22-9-5-8-20(16-22)26(34)32-15-14-18-6-3-4-7-21(18)17-32/h3-13,16,31H,2,14-15,17H2,1H3. The number of nitrogens with zero attached hydrogens (tertiary/aromatic N) is 2. The van der Waals surface area contributed by atoms with Crippen molar-refractivity contribution in [3.8, 4) is 0 Å². The highest BCUT2D eigenvalue weighted by molar-refractivity contribution is 6.53. The molecule has 2 aliphatic heterocycles. The van der Waals surface area contributed by atoms with Gasteiger partial charge in [-0.05, 0) is 66.9 Å². The van der Waals surface area contributed by atoms with Crippen LogP contribution in [0.2, 0.25) is 0 Å². The molecule has 5 rings (SSSR count). The number of halogens is 1. The van der Waals surface area contributed by atoms with Crippen molar-refractivity contribution in [3.63, 3.8) is 0 Å². The lowest BCUT2D eigenvalue weighted by Gasteiger charge is -2.29. The second-order valence-corrected chi connectivity index (χ2v) is 9.23.